The average molecular weight is 317 g/mol. The molecule has 1 aliphatic rings. The van der Waals surface area contributed by atoms with Crippen molar-refractivity contribution < 1.29 is 0 Å². The zero-order valence-electron chi connectivity index (χ0n) is 14.3. The Morgan fingerprint density at radius 2 is 1.62 bits per heavy atom. The van der Waals surface area contributed by atoms with Crippen LogP contribution in [0, 0.1) is 0 Å². The van der Waals surface area contributed by atoms with Gasteiger partial charge < -0.3 is 4.90 Å². The molecule has 1 unspecified atom stereocenters. The van der Waals surface area contributed by atoms with Crippen molar-refractivity contribution >= 4 is 5.69 Å². The van der Waals surface area contributed by atoms with Crippen LogP contribution in [0.15, 0.2) is 94.3 Å². The fourth-order valence-electron chi connectivity index (χ4n) is 2.95. The molecular formula is C21H23N3. The van der Waals surface area contributed by atoms with Gasteiger partial charge in [-0.1, -0.05) is 54.6 Å². The number of hydrogen-bond donors (Lipinski definition) is 0. The lowest BCUT2D eigenvalue weighted by molar-refractivity contribution is 0.517. The number of benzene rings is 2. The molecule has 2 aromatic carbocycles. The van der Waals surface area contributed by atoms with E-state index in [0.29, 0.717) is 0 Å². The highest BCUT2D eigenvalue weighted by Gasteiger charge is 2.18. The van der Waals surface area contributed by atoms with Crippen LogP contribution in [0.4, 0.5) is 5.69 Å². The number of likely N-dealkylation sites (N-methyl/N-ethyl adjacent to an activating group) is 1. The molecule has 0 aromatic heterocycles. The van der Waals surface area contributed by atoms with E-state index in [1.165, 1.54) is 16.8 Å². The Labute approximate surface area is 144 Å². The van der Waals surface area contributed by atoms with Gasteiger partial charge in [-0.2, -0.15) is 10.2 Å². The summed E-state index contributed by atoms with van der Waals surface area (Å²) in [5.74, 6) is 0. The number of nitrogens with zero attached hydrogens (tertiary/aromatic N) is 3. The van der Waals surface area contributed by atoms with Gasteiger partial charge in [0.05, 0.1) is 11.7 Å². The maximum absolute atomic E-state index is 4.67. The summed E-state index contributed by atoms with van der Waals surface area (Å²) in [5.41, 5.74) is 4.81. The van der Waals surface area contributed by atoms with E-state index < -0.39 is 0 Å². The van der Waals surface area contributed by atoms with Crippen LogP contribution >= 0.6 is 0 Å². The van der Waals surface area contributed by atoms with Gasteiger partial charge in [-0.05, 0) is 42.2 Å². The van der Waals surface area contributed by atoms with Gasteiger partial charge >= 0.3 is 0 Å². The Bertz CT molecular complexity index is 743. The normalized spacial score (nSPS) is 15.2. The minimum absolute atomic E-state index is 0.0382. The van der Waals surface area contributed by atoms with E-state index in [2.05, 4.69) is 65.6 Å². The van der Waals surface area contributed by atoms with Crippen molar-refractivity contribution in [2.45, 2.75) is 18.9 Å². The van der Waals surface area contributed by atoms with Gasteiger partial charge in [0.2, 0.25) is 0 Å². The highest BCUT2D eigenvalue weighted by atomic mass is 15.1. The van der Waals surface area contributed by atoms with Crippen LogP contribution in [0.1, 0.15) is 24.4 Å². The van der Waals surface area contributed by atoms with Gasteiger partial charge in [0.25, 0.3) is 0 Å². The minimum atomic E-state index is 0.0382. The highest BCUT2D eigenvalue weighted by Crippen LogP contribution is 2.33. The Kier molecular flexibility index (Phi) is 5.22. The summed E-state index contributed by atoms with van der Waals surface area (Å²) in [7, 11) is 4.18. The van der Waals surface area contributed by atoms with E-state index in [1.807, 2.05) is 36.4 Å². The maximum Gasteiger partial charge on any atom is 0.1000 e. The smallest absolute Gasteiger partial charge is 0.1000 e. The molecule has 24 heavy (non-hydrogen) atoms. The SMILES string of the molecule is CN(C)C1=C(CC(N=Nc2ccccc2)c2ccccc2)CC=C1. The second-order valence-corrected chi connectivity index (χ2v) is 6.17. The molecule has 0 heterocycles. The van der Waals surface area contributed by atoms with Gasteiger partial charge in [0.1, 0.15) is 0 Å². The molecular weight excluding hydrogens is 294 g/mol. The van der Waals surface area contributed by atoms with Crippen molar-refractivity contribution in [3.63, 3.8) is 0 Å². The molecule has 0 radical (unpaired) electrons. The lowest BCUT2D eigenvalue weighted by atomic mass is 9.98. The Balaban J connectivity index is 1.86. The van der Waals surface area contributed by atoms with Gasteiger partial charge in [-0.3, -0.25) is 0 Å². The summed E-state index contributed by atoms with van der Waals surface area (Å²) in [6.45, 7) is 0. The first-order valence-corrected chi connectivity index (χ1v) is 8.31. The topological polar surface area (TPSA) is 28.0 Å². The van der Waals surface area contributed by atoms with Crippen LogP contribution in [-0.2, 0) is 0 Å². The van der Waals surface area contributed by atoms with Crippen LogP contribution in [0.25, 0.3) is 0 Å². The highest BCUT2D eigenvalue weighted by molar-refractivity contribution is 5.36. The Morgan fingerprint density at radius 1 is 0.958 bits per heavy atom. The third kappa shape index (κ3) is 3.99. The fraction of sp³-hybridized carbons (Fsp3) is 0.238. The fourth-order valence-corrected chi connectivity index (χ4v) is 2.95. The van der Waals surface area contributed by atoms with E-state index in [-0.39, 0.29) is 6.04 Å². The van der Waals surface area contributed by atoms with Gasteiger partial charge in [-0.25, -0.2) is 0 Å². The molecule has 0 N–H and O–H groups in total. The molecule has 0 bridgehead atoms. The van der Waals surface area contributed by atoms with Crippen LogP contribution in [-0.4, -0.2) is 19.0 Å². The van der Waals surface area contributed by atoms with Crippen molar-refractivity contribution in [3.8, 4) is 0 Å². The van der Waals surface area contributed by atoms with Crippen LogP contribution in [0.5, 0.6) is 0 Å². The molecule has 3 heteroatoms. The summed E-state index contributed by atoms with van der Waals surface area (Å²) in [6, 6.07) is 20.4. The Hall–Kier alpha value is -2.68. The predicted octanol–water partition coefficient (Wildman–Crippen LogP) is 5.68. The van der Waals surface area contributed by atoms with Crippen LogP contribution in [0.2, 0.25) is 0 Å². The average Bonchev–Trinajstić information content (AvgIpc) is 3.09. The second-order valence-electron chi connectivity index (χ2n) is 6.17. The van der Waals surface area contributed by atoms with Crippen LogP contribution in [0.3, 0.4) is 0 Å². The molecule has 2 aromatic rings. The first-order chi connectivity index (χ1) is 11.7. The molecule has 122 valence electrons. The van der Waals surface area contributed by atoms with E-state index in [4.69, 9.17) is 0 Å². The monoisotopic (exact) mass is 317 g/mol. The number of hydrogen-bond acceptors (Lipinski definition) is 3. The molecule has 3 rings (SSSR count). The quantitative estimate of drug-likeness (QED) is 0.630. The van der Waals surface area contributed by atoms with Crippen LogP contribution < -0.4 is 0 Å². The molecule has 3 nitrogen and oxygen atoms in total. The third-order valence-corrected chi connectivity index (χ3v) is 4.18. The summed E-state index contributed by atoms with van der Waals surface area (Å²) < 4.78 is 0. The summed E-state index contributed by atoms with van der Waals surface area (Å²) in [4.78, 5) is 2.18. The molecule has 1 atom stereocenters. The van der Waals surface area contributed by atoms with Crippen molar-refractivity contribution in [3.05, 3.63) is 89.6 Å². The number of azo groups is 1. The summed E-state index contributed by atoms with van der Waals surface area (Å²) >= 11 is 0. The summed E-state index contributed by atoms with van der Waals surface area (Å²) in [5, 5.41) is 9.13. The first-order valence-electron chi connectivity index (χ1n) is 8.31. The molecule has 1 aliphatic carbocycles. The Morgan fingerprint density at radius 3 is 2.29 bits per heavy atom. The molecule has 0 spiro atoms. The van der Waals surface area contributed by atoms with Gasteiger partial charge in [0.15, 0.2) is 0 Å². The minimum Gasteiger partial charge on any atom is -0.378 e. The van der Waals surface area contributed by atoms with E-state index in [9.17, 15) is 0 Å². The van der Waals surface area contributed by atoms with Crippen molar-refractivity contribution in [2.75, 3.05) is 14.1 Å². The lowest BCUT2D eigenvalue weighted by Crippen LogP contribution is -2.11. The largest absolute Gasteiger partial charge is 0.378 e. The molecule has 0 saturated heterocycles. The van der Waals surface area contributed by atoms with E-state index >= 15 is 0 Å². The van der Waals surface area contributed by atoms with Gasteiger partial charge in [0, 0.05) is 19.8 Å². The van der Waals surface area contributed by atoms with Crippen molar-refractivity contribution in [1.29, 1.82) is 0 Å². The zero-order valence-corrected chi connectivity index (χ0v) is 14.3. The van der Waals surface area contributed by atoms with E-state index in [0.717, 1.165) is 18.5 Å². The number of rotatable bonds is 6. The maximum atomic E-state index is 4.67. The zero-order chi connectivity index (χ0) is 16.8. The molecule has 0 fully saturated rings. The van der Waals surface area contributed by atoms with Crippen molar-refractivity contribution in [2.24, 2.45) is 10.2 Å². The third-order valence-electron chi connectivity index (χ3n) is 4.18. The molecule has 0 aliphatic heterocycles. The van der Waals surface area contributed by atoms with E-state index in [1.54, 1.807) is 0 Å². The summed E-state index contributed by atoms with van der Waals surface area (Å²) in [6.07, 6.45) is 6.31. The number of allylic oxidation sites excluding steroid dienone is 2. The van der Waals surface area contributed by atoms with Gasteiger partial charge in [-0.15, -0.1) is 0 Å². The standard InChI is InChI=1S/C21H23N3/c1-24(2)21-15-9-12-18(21)16-20(17-10-5-3-6-11-17)23-22-19-13-7-4-8-14-19/h3-11,13-15,20H,12,16H2,1-2H3. The second kappa shape index (κ2) is 7.73. The molecule has 0 amide bonds. The lowest BCUT2D eigenvalue weighted by Gasteiger charge is -2.18. The first kappa shape index (κ1) is 16.2. The van der Waals surface area contributed by atoms with Crippen molar-refractivity contribution in [1.82, 2.24) is 4.90 Å². The predicted molar refractivity (Wildman–Crippen MR) is 99.2 cm³/mol. The molecule has 0 saturated carbocycles.